The van der Waals surface area contributed by atoms with Crippen LogP contribution in [0.1, 0.15) is 52.9 Å². The molecule has 2 rings (SSSR count). The van der Waals surface area contributed by atoms with Crippen LogP contribution in [0.2, 0.25) is 0 Å². The largest absolute Gasteiger partial charge is 0.326 e. The van der Waals surface area contributed by atoms with Gasteiger partial charge in [0.1, 0.15) is 5.82 Å². The first-order valence-electron chi connectivity index (χ1n) is 7.32. The van der Waals surface area contributed by atoms with Crippen molar-refractivity contribution in [2.75, 3.05) is 0 Å². The Labute approximate surface area is 122 Å². The van der Waals surface area contributed by atoms with Gasteiger partial charge in [0.05, 0.1) is 11.0 Å². The Bertz CT molecular complexity index is 609. The van der Waals surface area contributed by atoms with Crippen LogP contribution in [-0.4, -0.2) is 9.55 Å². The summed E-state index contributed by atoms with van der Waals surface area (Å²) >= 11 is 0. The third-order valence-electron chi connectivity index (χ3n) is 3.38. The fourth-order valence-corrected chi connectivity index (χ4v) is 2.64. The van der Waals surface area contributed by atoms with Crippen LogP contribution in [0.3, 0.4) is 0 Å². The molecule has 0 unspecified atom stereocenters. The van der Waals surface area contributed by atoms with Gasteiger partial charge in [0.25, 0.3) is 0 Å². The van der Waals surface area contributed by atoms with E-state index < -0.39 is 0 Å². The van der Waals surface area contributed by atoms with Gasteiger partial charge < -0.3 is 10.3 Å². The summed E-state index contributed by atoms with van der Waals surface area (Å²) in [6.45, 7) is 14.0. The lowest BCUT2D eigenvalue weighted by Crippen LogP contribution is -2.26. The molecule has 0 aliphatic rings. The maximum Gasteiger partial charge on any atom is 0.110 e. The topological polar surface area (TPSA) is 43.8 Å². The Balaban J connectivity index is 2.66. The second-order valence-corrected chi connectivity index (χ2v) is 7.80. The molecule has 20 heavy (non-hydrogen) atoms. The van der Waals surface area contributed by atoms with Gasteiger partial charge in [-0.15, -0.1) is 0 Å². The highest BCUT2D eigenvalue weighted by Gasteiger charge is 2.24. The number of imidazole rings is 1. The lowest BCUT2D eigenvalue weighted by molar-refractivity contribution is 0.349. The molecule has 0 saturated heterocycles. The average Bonchev–Trinajstić information content (AvgIpc) is 2.62. The number of hydrogen-bond acceptors (Lipinski definition) is 2. The van der Waals surface area contributed by atoms with Gasteiger partial charge in [0.15, 0.2) is 0 Å². The van der Waals surface area contributed by atoms with Gasteiger partial charge in [-0.05, 0) is 43.9 Å². The van der Waals surface area contributed by atoms with Crippen LogP contribution in [0.25, 0.3) is 11.0 Å². The third kappa shape index (κ3) is 3.04. The second-order valence-electron chi connectivity index (χ2n) is 7.80. The fraction of sp³-hybridized carbons (Fsp3) is 0.588. The molecule has 0 saturated carbocycles. The zero-order valence-corrected chi connectivity index (χ0v) is 13.6. The van der Waals surface area contributed by atoms with E-state index in [2.05, 4.69) is 64.3 Å². The first-order chi connectivity index (χ1) is 9.12. The molecular formula is C17H27N3. The van der Waals surface area contributed by atoms with Gasteiger partial charge in [-0.2, -0.15) is 0 Å². The standard InChI is InChI=1S/C17H27N3/c1-16(2,3)10-15-19-13-9-12(11-18)7-8-14(13)20(15)17(4,5)6/h7-9H,10-11,18H2,1-6H3. The van der Waals surface area contributed by atoms with Gasteiger partial charge in [-0.25, -0.2) is 4.98 Å². The SMILES string of the molecule is CC(C)(C)Cc1nc2cc(CN)ccc2n1C(C)(C)C. The number of aromatic nitrogens is 2. The van der Waals surface area contributed by atoms with Gasteiger partial charge in [0.2, 0.25) is 0 Å². The Morgan fingerprint density at radius 3 is 2.25 bits per heavy atom. The van der Waals surface area contributed by atoms with Crippen molar-refractivity contribution in [1.29, 1.82) is 0 Å². The van der Waals surface area contributed by atoms with Crippen LogP contribution in [0.4, 0.5) is 0 Å². The fourth-order valence-electron chi connectivity index (χ4n) is 2.64. The van der Waals surface area contributed by atoms with Crippen LogP contribution < -0.4 is 5.73 Å². The van der Waals surface area contributed by atoms with Crippen LogP contribution >= 0.6 is 0 Å². The maximum atomic E-state index is 5.74. The Morgan fingerprint density at radius 2 is 1.75 bits per heavy atom. The minimum absolute atomic E-state index is 0.0273. The maximum absolute atomic E-state index is 5.74. The first kappa shape index (κ1) is 15.0. The van der Waals surface area contributed by atoms with Crippen molar-refractivity contribution in [3.05, 3.63) is 29.6 Å². The zero-order chi connectivity index (χ0) is 15.1. The molecule has 0 fully saturated rings. The number of fused-ring (bicyclic) bond motifs is 1. The number of hydrogen-bond donors (Lipinski definition) is 1. The van der Waals surface area contributed by atoms with E-state index in [1.807, 2.05) is 0 Å². The third-order valence-corrected chi connectivity index (χ3v) is 3.38. The summed E-state index contributed by atoms with van der Waals surface area (Å²) in [6, 6.07) is 6.37. The highest BCUT2D eigenvalue weighted by atomic mass is 15.1. The molecule has 2 N–H and O–H groups in total. The van der Waals surface area contributed by atoms with E-state index in [0.717, 1.165) is 23.3 Å². The quantitative estimate of drug-likeness (QED) is 0.903. The highest BCUT2D eigenvalue weighted by molar-refractivity contribution is 5.77. The molecule has 0 radical (unpaired) electrons. The van der Waals surface area contributed by atoms with E-state index in [0.29, 0.717) is 6.54 Å². The molecule has 0 spiro atoms. The average molecular weight is 273 g/mol. The normalized spacial score (nSPS) is 13.2. The van der Waals surface area contributed by atoms with E-state index in [1.165, 1.54) is 5.52 Å². The number of benzene rings is 1. The summed E-state index contributed by atoms with van der Waals surface area (Å²) in [7, 11) is 0. The van der Waals surface area contributed by atoms with Crippen molar-refractivity contribution in [2.24, 2.45) is 11.1 Å². The predicted molar refractivity (Wildman–Crippen MR) is 85.8 cm³/mol. The molecule has 110 valence electrons. The molecule has 0 aliphatic carbocycles. The van der Waals surface area contributed by atoms with Crippen LogP contribution in [-0.2, 0) is 18.5 Å². The summed E-state index contributed by atoms with van der Waals surface area (Å²) in [5.74, 6) is 1.16. The molecule has 3 nitrogen and oxygen atoms in total. The monoisotopic (exact) mass is 273 g/mol. The van der Waals surface area contributed by atoms with Gasteiger partial charge in [0, 0.05) is 18.5 Å². The summed E-state index contributed by atoms with van der Waals surface area (Å²) in [4.78, 5) is 4.88. The van der Waals surface area contributed by atoms with Crippen molar-refractivity contribution in [1.82, 2.24) is 9.55 Å². The van der Waals surface area contributed by atoms with Gasteiger partial charge >= 0.3 is 0 Å². The lowest BCUT2D eigenvalue weighted by atomic mass is 9.91. The van der Waals surface area contributed by atoms with E-state index >= 15 is 0 Å². The van der Waals surface area contributed by atoms with E-state index in [1.54, 1.807) is 0 Å². The van der Waals surface area contributed by atoms with Crippen molar-refractivity contribution >= 4 is 11.0 Å². The summed E-state index contributed by atoms with van der Waals surface area (Å²) in [5.41, 5.74) is 9.39. The van der Waals surface area contributed by atoms with E-state index in [4.69, 9.17) is 10.7 Å². The molecule has 3 heteroatoms. The number of rotatable bonds is 2. The molecule has 1 aromatic heterocycles. The summed E-state index contributed by atoms with van der Waals surface area (Å²) in [5, 5.41) is 0. The summed E-state index contributed by atoms with van der Waals surface area (Å²) in [6.07, 6.45) is 0.969. The van der Waals surface area contributed by atoms with Gasteiger partial charge in [-0.3, -0.25) is 0 Å². The van der Waals surface area contributed by atoms with Crippen molar-refractivity contribution in [2.45, 2.75) is 60.0 Å². The second kappa shape index (κ2) is 4.88. The molecular weight excluding hydrogens is 246 g/mol. The molecule has 1 aromatic carbocycles. The Kier molecular flexibility index (Phi) is 3.67. The number of nitrogens with two attached hydrogens (primary N) is 1. The van der Waals surface area contributed by atoms with Crippen LogP contribution in [0.5, 0.6) is 0 Å². The van der Waals surface area contributed by atoms with Crippen LogP contribution in [0.15, 0.2) is 18.2 Å². The molecule has 2 aromatic rings. The molecule has 0 aliphatic heterocycles. The van der Waals surface area contributed by atoms with Crippen molar-refractivity contribution in [3.8, 4) is 0 Å². The molecule has 0 bridgehead atoms. The molecule has 0 atom stereocenters. The van der Waals surface area contributed by atoms with Crippen molar-refractivity contribution in [3.63, 3.8) is 0 Å². The smallest absolute Gasteiger partial charge is 0.110 e. The van der Waals surface area contributed by atoms with E-state index in [9.17, 15) is 0 Å². The number of nitrogens with zero attached hydrogens (tertiary/aromatic N) is 2. The van der Waals surface area contributed by atoms with E-state index in [-0.39, 0.29) is 11.0 Å². The van der Waals surface area contributed by atoms with Gasteiger partial charge in [-0.1, -0.05) is 26.8 Å². The minimum Gasteiger partial charge on any atom is -0.326 e. The predicted octanol–water partition coefficient (Wildman–Crippen LogP) is 3.84. The summed E-state index contributed by atoms with van der Waals surface area (Å²) < 4.78 is 2.37. The Morgan fingerprint density at radius 1 is 1.10 bits per heavy atom. The molecule has 0 amide bonds. The molecule has 1 heterocycles. The Hall–Kier alpha value is -1.35. The van der Waals surface area contributed by atoms with Crippen LogP contribution in [0, 0.1) is 5.41 Å². The highest BCUT2D eigenvalue weighted by Crippen LogP contribution is 2.29. The minimum atomic E-state index is 0.0273. The zero-order valence-electron chi connectivity index (χ0n) is 13.6. The first-order valence-corrected chi connectivity index (χ1v) is 7.32. The lowest BCUT2D eigenvalue weighted by Gasteiger charge is -2.27. The van der Waals surface area contributed by atoms with Crippen molar-refractivity contribution < 1.29 is 0 Å².